The van der Waals surface area contributed by atoms with Crippen molar-refractivity contribution < 1.29 is 14.6 Å². The number of hydrogen-bond donors (Lipinski definition) is 1. The van der Waals surface area contributed by atoms with Crippen molar-refractivity contribution in [1.82, 2.24) is 4.90 Å². The fraction of sp³-hybridized carbons (Fsp3) is 0.462. The zero-order valence-electron chi connectivity index (χ0n) is 9.93. The molecule has 0 spiro atoms. The van der Waals surface area contributed by atoms with Gasteiger partial charge >= 0.3 is 0 Å². The second kappa shape index (κ2) is 5.19. The van der Waals surface area contributed by atoms with Gasteiger partial charge in [-0.2, -0.15) is 0 Å². The van der Waals surface area contributed by atoms with Crippen LogP contribution in [0.2, 0.25) is 0 Å². The van der Waals surface area contributed by atoms with E-state index in [-0.39, 0.29) is 18.6 Å². The Labute approximate surface area is 101 Å². The van der Waals surface area contributed by atoms with Gasteiger partial charge in [0.05, 0.1) is 6.10 Å². The highest BCUT2D eigenvalue weighted by Gasteiger charge is 2.24. The lowest BCUT2D eigenvalue weighted by Crippen LogP contribution is -2.33. The van der Waals surface area contributed by atoms with Crippen LogP contribution >= 0.6 is 0 Å². The molecular weight excluding hydrogens is 218 g/mol. The summed E-state index contributed by atoms with van der Waals surface area (Å²) in [5.74, 6) is 0.672. The number of benzene rings is 1. The minimum Gasteiger partial charge on any atom is -0.484 e. The van der Waals surface area contributed by atoms with Crippen molar-refractivity contribution in [3.8, 4) is 5.75 Å². The Balaban J connectivity index is 1.86. The van der Waals surface area contributed by atoms with Gasteiger partial charge < -0.3 is 14.7 Å². The third kappa shape index (κ3) is 2.97. The number of amides is 1. The van der Waals surface area contributed by atoms with E-state index in [4.69, 9.17) is 4.74 Å². The predicted octanol–water partition coefficient (Wildman–Crippen LogP) is 0.967. The van der Waals surface area contributed by atoms with Crippen LogP contribution < -0.4 is 4.74 Å². The first-order valence-corrected chi connectivity index (χ1v) is 5.81. The lowest BCUT2D eigenvalue weighted by atomic mass is 10.2. The molecule has 4 heteroatoms. The molecule has 1 saturated heterocycles. The quantitative estimate of drug-likeness (QED) is 0.849. The first-order valence-electron chi connectivity index (χ1n) is 5.81. The molecule has 1 aromatic rings. The van der Waals surface area contributed by atoms with Gasteiger partial charge in [-0.15, -0.1) is 0 Å². The molecule has 0 aliphatic carbocycles. The Kier molecular flexibility index (Phi) is 3.64. The van der Waals surface area contributed by atoms with E-state index in [1.54, 1.807) is 4.90 Å². The Morgan fingerprint density at radius 2 is 2.29 bits per heavy atom. The van der Waals surface area contributed by atoms with Crippen LogP contribution in [-0.4, -0.2) is 41.7 Å². The highest BCUT2D eigenvalue weighted by atomic mass is 16.5. The van der Waals surface area contributed by atoms with Crippen molar-refractivity contribution >= 4 is 5.91 Å². The monoisotopic (exact) mass is 235 g/mol. The number of aliphatic hydroxyl groups excluding tert-OH is 1. The van der Waals surface area contributed by atoms with Gasteiger partial charge in [-0.05, 0) is 25.0 Å². The number of aliphatic hydroxyl groups is 1. The molecule has 1 fully saturated rings. The zero-order valence-corrected chi connectivity index (χ0v) is 9.93. The molecule has 0 bridgehead atoms. The second-order valence-corrected chi connectivity index (χ2v) is 4.34. The molecule has 1 aliphatic heterocycles. The molecule has 1 N–H and O–H groups in total. The average molecular weight is 235 g/mol. The SMILES string of the molecule is Cc1ccccc1OCC(=O)N1CC[C@H](O)C1. The molecule has 1 amide bonds. The fourth-order valence-corrected chi connectivity index (χ4v) is 1.92. The van der Waals surface area contributed by atoms with Gasteiger partial charge in [0.15, 0.2) is 6.61 Å². The van der Waals surface area contributed by atoms with Crippen LogP contribution in [0.3, 0.4) is 0 Å². The molecule has 0 unspecified atom stereocenters. The highest BCUT2D eigenvalue weighted by molar-refractivity contribution is 5.78. The number of nitrogens with zero attached hydrogens (tertiary/aromatic N) is 1. The van der Waals surface area contributed by atoms with Gasteiger partial charge in [0.2, 0.25) is 0 Å². The Morgan fingerprint density at radius 1 is 1.53 bits per heavy atom. The fourth-order valence-electron chi connectivity index (χ4n) is 1.92. The summed E-state index contributed by atoms with van der Waals surface area (Å²) < 4.78 is 5.47. The number of para-hydroxylation sites is 1. The van der Waals surface area contributed by atoms with Crippen molar-refractivity contribution in [2.75, 3.05) is 19.7 Å². The molecule has 92 valence electrons. The number of hydrogen-bond acceptors (Lipinski definition) is 3. The third-order valence-electron chi connectivity index (χ3n) is 2.96. The lowest BCUT2D eigenvalue weighted by molar-refractivity contribution is -0.132. The highest BCUT2D eigenvalue weighted by Crippen LogP contribution is 2.16. The number of likely N-dealkylation sites (tertiary alicyclic amines) is 1. The summed E-state index contributed by atoms with van der Waals surface area (Å²) in [5.41, 5.74) is 1.02. The largest absolute Gasteiger partial charge is 0.484 e. The van der Waals surface area contributed by atoms with Crippen molar-refractivity contribution in [3.05, 3.63) is 29.8 Å². The molecule has 1 heterocycles. The average Bonchev–Trinajstić information content (AvgIpc) is 2.74. The van der Waals surface area contributed by atoms with Crippen LogP contribution in [0.1, 0.15) is 12.0 Å². The molecule has 4 nitrogen and oxygen atoms in total. The van der Waals surface area contributed by atoms with Crippen LogP contribution in [-0.2, 0) is 4.79 Å². The molecule has 1 atom stereocenters. The van der Waals surface area contributed by atoms with E-state index >= 15 is 0 Å². The molecule has 0 aromatic heterocycles. The zero-order chi connectivity index (χ0) is 12.3. The second-order valence-electron chi connectivity index (χ2n) is 4.34. The van der Waals surface area contributed by atoms with Crippen LogP contribution in [0, 0.1) is 6.92 Å². The van der Waals surface area contributed by atoms with Crippen molar-refractivity contribution in [2.45, 2.75) is 19.4 Å². The van der Waals surface area contributed by atoms with Crippen LogP contribution in [0.4, 0.5) is 0 Å². The van der Waals surface area contributed by atoms with E-state index in [9.17, 15) is 9.90 Å². The van der Waals surface area contributed by atoms with Gasteiger partial charge in [0.1, 0.15) is 5.75 Å². The van der Waals surface area contributed by atoms with Gasteiger partial charge in [0.25, 0.3) is 5.91 Å². The molecule has 0 radical (unpaired) electrons. The number of rotatable bonds is 3. The van der Waals surface area contributed by atoms with E-state index in [0.29, 0.717) is 19.5 Å². The van der Waals surface area contributed by atoms with Gasteiger partial charge in [-0.25, -0.2) is 0 Å². The van der Waals surface area contributed by atoms with E-state index < -0.39 is 0 Å². The lowest BCUT2D eigenvalue weighted by Gasteiger charge is -2.16. The predicted molar refractivity (Wildman–Crippen MR) is 63.9 cm³/mol. The number of β-amino-alcohol motifs (C(OH)–C–C–N with tert-alkyl or cyclic N) is 1. The summed E-state index contributed by atoms with van der Waals surface area (Å²) >= 11 is 0. The minimum atomic E-state index is -0.377. The topological polar surface area (TPSA) is 49.8 Å². The number of aryl methyl sites for hydroxylation is 1. The number of ether oxygens (including phenoxy) is 1. The van der Waals surface area contributed by atoms with Crippen molar-refractivity contribution in [1.29, 1.82) is 0 Å². The molecule has 17 heavy (non-hydrogen) atoms. The molecule has 2 rings (SSSR count). The maximum atomic E-state index is 11.8. The molecule has 0 saturated carbocycles. The van der Waals surface area contributed by atoms with Crippen molar-refractivity contribution in [3.63, 3.8) is 0 Å². The Bertz CT molecular complexity index is 405. The molecule has 1 aliphatic rings. The first-order chi connectivity index (χ1) is 8.16. The summed E-state index contributed by atoms with van der Waals surface area (Å²) in [4.78, 5) is 13.4. The van der Waals surface area contributed by atoms with Crippen LogP contribution in [0.15, 0.2) is 24.3 Å². The molecular formula is C13H17NO3. The summed E-state index contributed by atoms with van der Waals surface area (Å²) in [6.45, 7) is 3.03. The summed E-state index contributed by atoms with van der Waals surface area (Å²) in [6.07, 6.45) is 0.285. The maximum Gasteiger partial charge on any atom is 0.260 e. The van der Waals surface area contributed by atoms with E-state index in [2.05, 4.69) is 0 Å². The Hall–Kier alpha value is -1.55. The standard InChI is InChI=1S/C13H17NO3/c1-10-4-2-3-5-12(10)17-9-13(16)14-7-6-11(15)8-14/h2-5,11,15H,6-9H2,1H3/t11-/m0/s1. The van der Waals surface area contributed by atoms with Gasteiger partial charge in [0, 0.05) is 13.1 Å². The minimum absolute atomic E-state index is 0.0393. The third-order valence-corrected chi connectivity index (χ3v) is 2.96. The van der Waals surface area contributed by atoms with Crippen molar-refractivity contribution in [2.24, 2.45) is 0 Å². The number of carbonyl (C=O) groups excluding carboxylic acids is 1. The smallest absolute Gasteiger partial charge is 0.260 e. The van der Waals surface area contributed by atoms with Gasteiger partial charge in [-0.3, -0.25) is 4.79 Å². The van der Waals surface area contributed by atoms with E-state index in [0.717, 1.165) is 11.3 Å². The Morgan fingerprint density at radius 3 is 2.94 bits per heavy atom. The van der Waals surface area contributed by atoms with Gasteiger partial charge in [-0.1, -0.05) is 18.2 Å². The summed E-state index contributed by atoms with van der Waals surface area (Å²) in [6, 6.07) is 7.61. The number of carbonyl (C=O) groups is 1. The summed E-state index contributed by atoms with van der Waals surface area (Å²) in [5, 5.41) is 9.34. The summed E-state index contributed by atoms with van der Waals surface area (Å²) in [7, 11) is 0. The van der Waals surface area contributed by atoms with E-state index in [1.807, 2.05) is 31.2 Å². The normalized spacial score (nSPS) is 19.4. The maximum absolute atomic E-state index is 11.8. The van der Waals surface area contributed by atoms with Crippen LogP contribution in [0.5, 0.6) is 5.75 Å². The molecule has 1 aromatic carbocycles. The van der Waals surface area contributed by atoms with E-state index in [1.165, 1.54) is 0 Å². The van der Waals surface area contributed by atoms with Crippen LogP contribution in [0.25, 0.3) is 0 Å². The first kappa shape index (κ1) is 11.9.